The summed E-state index contributed by atoms with van der Waals surface area (Å²) >= 11 is 0. The lowest BCUT2D eigenvalue weighted by atomic mass is 9.99. The summed E-state index contributed by atoms with van der Waals surface area (Å²) < 4.78 is 13.6. The lowest BCUT2D eigenvalue weighted by Crippen LogP contribution is -2.41. The number of carbonyl (C=O) groups is 1. The van der Waals surface area contributed by atoms with Gasteiger partial charge in [-0.05, 0) is 47.4 Å². The van der Waals surface area contributed by atoms with Crippen LogP contribution in [0.3, 0.4) is 0 Å². The second-order valence-corrected chi connectivity index (χ2v) is 20.1. The van der Waals surface area contributed by atoms with E-state index in [1.54, 1.807) is 7.05 Å². The largest absolute Gasteiger partial charge is 0.409 e. The highest BCUT2D eigenvalue weighted by molar-refractivity contribution is 6.74. The molecule has 5 nitrogen and oxygen atoms in total. The number of hydrogen-bond donors (Lipinski definition) is 0. The number of benzene rings is 1. The first-order valence-corrected chi connectivity index (χ1v) is 17.9. The van der Waals surface area contributed by atoms with Crippen LogP contribution >= 0.6 is 0 Å². The molecule has 0 N–H and O–H groups in total. The van der Waals surface area contributed by atoms with Crippen molar-refractivity contribution in [1.82, 2.24) is 5.06 Å². The number of rotatable bonds is 13. The minimum atomic E-state index is -2.03. The molecule has 1 aromatic carbocycles. The monoisotopic (exact) mass is 505 g/mol. The van der Waals surface area contributed by atoms with Crippen molar-refractivity contribution in [2.75, 3.05) is 14.2 Å². The van der Waals surface area contributed by atoms with Gasteiger partial charge in [0.25, 0.3) is 0 Å². The highest BCUT2D eigenvalue weighted by Crippen LogP contribution is 2.41. The van der Waals surface area contributed by atoms with Crippen LogP contribution in [-0.2, 0) is 18.5 Å². The van der Waals surface area contributed by atoms with E-state index in [1.807, 2.05) is 12.1 Å². The van der Waals surface area contributed by atoms with E-state index in [0.29, 0.717) is 6.42 Å². The van der Waals surface area contributed by atoms with Gasteiger partial charge in [0.15, 0.2) is 16.6 Å². The lowest BCUT2D eigenvalue weighted by Gasteiger charge is -2.39. The van der Waals surface area contributed by atoms with Crippen LogP contribution in [0.4, 0.5) is 0 Å². The number of terminal acetylenes is 1. The first-order chi connectivity index (χ1) is 15.8. The van der Waals surface area contributed by atoms with Gasteiger partial charge in [-0.1, -0.05) is 65.8 Å². The zero-order chi connectivity index (χ0) is 26.2. The van der Waals surface area contributed by atoms with E-state index in [9.17, 15) is 4.79 Å². The smallest absolute Gasteiger partial charge is 0.248 e. The third-order valence-corrected chi connectivity index (χ3v) is 16.6. The zero-order valence-electron chi connectivity index (χ0n) is 23.2. The number of hydroxylamine groups is 2. The van der Waals surface area contributed by atoms with Crippen molar-refractivity contribution < 1.29 is 18.5 Å². The highest BCUT2D eigenvalue weighted by Gasteiger charge is 2.39. The van der Waals surface area contributed by atoms with E-state index >= 15 is 0 Å². The summed E-state index contributed by atoms with van der Waals surface area (Å²) in [5.74, 6) is 2.70. The van der Waals surface area contributed by atoms with Crippen molar-refractivity contribution in [1.29, 1.82) is 0 Å². The minimum Gasteiger partial charge on any atom is -0.409 e. The van der Waals surface area contributed by atoms with Crippen LogP contribution in [0.5, 0.6) is 0 Å². The quantitative estimate of drug-likeness (QED) is 0.161. The van der Waals surface area contributed by atoms with Gasteiger partial charge in [0.2, 0.25) is 5.91 Å². The molecule has 1 amide bonds. The molecule has 0 aliphatic rings. The molecule has 0 aliphatic carbocycles. The van der Waals surface area contributed by atoms with Gasteiger partial charge >= 0.3 is 0 Å². The first-order valence-electron chi connectivity index (χ1n) is 12.5. The van der Waals surface area contributed by atoms with Crippen molar-refractivity contribution in [2.24, 2.45) is 0 Å². The normalized spacial score (nSPS) is 14.4. The van der Waals surface area contributed by atoms with Gasteiger partial charge in [-0.3, -0.25) is 9.63 Å². The van der Waals surface area contributed by atoms with E-state index in [2.05, 4.69) is 72.7 Å². The molecule has 1 rings (SSSR count). The summed E-state index contributed by atoms with van der Waals surface area (Å²) in [7, 11) is -0.863. The maximum absolute atomic E-state index is 12.8. The molecular formula is C27H47NO4Si2. The Labute approximate surface area is 210 Å². The van der Waals surface area contributed by atoms with Gasteiger partial charge in [0, 0.05) is 13.5 Å². The van der Waals surface area contributed by atoms with E-state index < -0.39 is 16.6 Å². The van der Waals surface area contributed by atoms with Gasteiger partial charge in [-0.25, -0.2) is 5.06 Å². The van der Waals surface area contributed by atoms with Crippen molar-refractivity contribution in [2.45, 2.75) is 103 Å². The molecule has 0 bridgehead atoms. The molecule has 34 heavy (non-hydrogen) atoms. The molecule has 0 saturated heterocycles. The summed E-state index contributed by atoms with van der Waals surface area (Å²) in [6.45, 7) is 17.8. The fourth-order valence-electron chi connectivity index (χ4n) is 3.74. The Morgan fingerprint density at radius 3 is 2.03 bits per heavy atom. The number of nitrogens with zero attached hydrogens (tertiary/aromatic N) is 1. The maximum Gasteiger partial charge on any atom is 0.248 e. The van der Waals surface area contributed by atoms with Crippen LogP contribution in [0.25, 0.3) is 0 Å². The molecule has 0 heterocycles. The summed E-state index contributed by atoms with van der Waals surface area (Å²) in [6.07, 6.45) is 5.96. The molecule has 7 heteroatoms. The van der Waals surface area contributed by atoms with Crippen LogP contribution in [0.2, 0.25) is 36.3 Å². The van der Waals surface area contributed by atoms with Crippen molar-refractivity contribution in [3.63, 3.8) is 0 Å². The number of carbonyl (C=O) groups excluding carboxylic acids is 1. The summed E-state index contributed by atoms with van der Waals surface area (Å²) in [4.78, 5) is 18.0. The molecule has 0 unspecified atom stereocenters. The third-order valence-electron chi connectivity index (χ3n) is 7.51. The standard InChI is InChI=1S/C27H47NO4Si2/c1-12-17-24(31-33(10,11)27(5,6)7)22-18-16-19-23(20-22)25(21-26(29)28(8)30-9)32-34(13-2,14-3)15-4/h1,16,18-20,24-25H,13-15,17,21H2,2-11H3/t24-,25+/m0/s1. The molecule has 0 fully saturated rings. The number of amides is 1. The molecule has 0 aliphatic heterocycles. The molecule has 0 saturated carbocycles. The SMILES string of the molecule is C#CC[C@H](O[Si](C)(C)C(C)(C)C)c1cccc([C@@H](CC(=O)N(C)OC)O[Si](CC)(CC)CC)c1. The van der Waals surface area contributed by atoms with Gasteiger partial charge in [0.1, 0.15) is 0 Å². The number of hydrogen-bond acceptors (Lipinski definition) is 4. The van der Waals surface area contributed by atoms with E-state index in [-0.39, 0.29) is 29.6 Å². The highest BCUT2D eigenvalue weighted by atomic mass is 28.4. The fourth-order valence-corrected chi connectivity index (χ4v) is 7.85. The molecule has 1 aromatic rings. The molecule has 2 atom stereocenters. The van der Waals surface area contributed by atoms with Crippen molar-refractivity contribution >= 4 is 22.5 Å². The van der Waals surface area contributed by atoms with E-state index in [0.717, 1.165) is 29.3 Å². The first kappa shape index (κ1) is 30.6. The molecule has 0 radical (unpaired) electrons. The molecule has 0 spiro atoms. The van der Waals surface area contributed by atoms with Gasteiger partial charge < -0.3 is 8.85 Å². The lowest BCUT2D eigenvalue weighted by molar-refractivity contribution is -0.170. The molecule has 192 valence electrons. The maximum atomic E-state index is 12.8. The van der Waals surface area contributed by atoms with Crippen LogP contribution < -0.4 is 0 Å². The Balaban J connectivity index is 3.43. The minimum absolute atomic E-state index is 0.0782. The Morgan fingerprint density at radius 1 is 1.06 bits per heavy atom. The predicted octanol–water partition coefficient (Wildman–Crippen LogP) is 7.25. The Bertz CT molecular complexity index is 816. The Kier molecular flexibility index (Phi) is 11.7. The Hall–Kier alpha value is -1.44. The van der Waals surface area contributed by atoms with Gasteiger partial charge in [-0.15, -0.1) is 12.3 Å². The van der Waals surface area contributed by atoms with Crippen LogP contribution in [0.15, 0.2) is 24.3 Å². The molecule has 0 aromatic heterocycles. The predicted molar refractivity (Wildman–Crippen MR) is 146 cm³/mol. The topological polar surface area (TPSA) is 48.0 Å². The second-order valence-electron chi connectivity index (χ2n) is 10.6. The average Bonchev–Trinajstić information content (AvgIpc) is 2.80. The third kappa shape index (κ3) is 8.06. The van der Waals surface area contributed by atoms with Crippen LogP contribution in [0.1, 0.15) is 77.7 Å². The van der Waals surface area contributed by atoms with Crippen LogP contribution in [-0.4, -0.2) is 41.8 Å². The van der Waals surface area contributed by atoms with Gasteiger partial charge in [-0.2, -0.15) is 0 Å². The van der Waals surface area contributed by atoms with Crippen LogP contribution in [0, 0.1) is 12.3 Å². The van der Waals surface area contributed by atoms with E-state index in [4.69, 9.17) is 20.1 Å². The second kappa shape index (κ2) is 13.0. The molecular weight excluding hydrogens is 458 g/mol. The summed E-state index contributed by atoms with van der Waals surface area (Å²) in [5, 5.41) is 1.35. The summed E-state index contributed by atoms with van der Waals surface area (Å²) in [6, 6.07) is 11.3. The van der Waals surface area contributed by atoms with Crippen molar-refractivity contribution in [3.05, 3.63) is 35.4 Å². The van der Waals surface area contributed by atoms with Crippen molar-refractivity contribution in [3.8, 4) is 12.3 Å². The average molecular weight is 506 g/mol. The van der Waals surface area contributed by atoms with Gasteiger partial charge in [0.05, 0.1) is 25.7 Å². The Morgan fingerprint density at radius 2 is 1.59 bits per heavy atom. The fraction of sp³-hybridized carbons (Fsp3) is 0.667. The summed E-state index contributed by atoms with van der Waals surface area (Å²) in [5.41, 5.74) is 2.03. The van der Waals surface area contributed by atoms with E-state index in [1.165, 1.54) is 12.2 Å². The zero-order valence-corrected chi connectivity index (χ0v) is 25.2.